The van der Waals surface area contributed by atoms with Crippen LogP contribution in [0, 0.1) is 0 Å². The largest absolute Gasteiger partial charge is 0.457 e. The molecule has 2 rings (SSSR count). The zero-order valence-electron chi connectivity index (χ0n) is 8.99. The van der Waals surface area contributed by atoms with Crippen LogP contribution >= 0.6 is 27.5 Å². The molecule has 0 amide bonds. The quantitative estimate of drug-likeness (QED) is 0.914. The van der Waals surface area contributed by atoms with Crippen molar-refractivity contribution in [3.05, 3.63) is 57.5 Å². The summed E-state index contributed by atoms with van der Waals surface area (Å²) in [7, 11) is 0. The lowest BCUT2D eigenvalue weighted by atomic mass is 10.2. The molecule has 0 saturated heterocycles. The summed E-state index contributed by atoms with van der Waals surface area (Å²) in [4.78, 5) is 0. The van der Waals surface area contributed by atoms with E-state index in [4.69, 9.17) is 22.1 Å². The molecule has 0 unspecified atom stereocenters. The van der Waals surface area contributed by atoms with E-state index < -0.39 is 0 Å². The molecule has 4 heteroatoms. The van der Waals surface area contributed by atoms with Crippen molar-refractivity contribution in [1.82, 2.24) is 0 Å². The van der Waals surface area contributed by atoms with Gasteiger partial charge < -0.3 is 10.5 Å². The molecule has 0 spiro atoms. The smallest absolute Gasteiger partial charge is 0.128 e. The molecule has 0 aliphatic carbocycles. The number of hydrogen-bond donors (Lipinski definition) is 1. The first-order valence-corrected chi connectivity index (χ1v) is 6.27. The summed E-state index contributed by atoms with van der Waals surface area (Å²) in [6.45, 7) is 0.483. The maximum atomic E-state index is 5.81. The van der Waals surface area contributed by atoms with Crippen LogP contribution in [0.3, 0.4) is 0 Å². The van der Waals surface area contributed by atoms with Crippen molar-refractivity contribution in [2.24, 2.45) is 5.73 Å². The summed E-state index contributed by atoms with van der Waals surface area (Å²) in [5, 5.41) is 0.689. The topological polar surface area (TPSA) is 35.2 Å². The fourth-order valence-electron chi connectivity index (χ4n) is 1.44. The predicted molar refractivity (Wildman–Crippen MR) is 73.6 cm³/mol. The van der Waals surface area contributed by atoms with Crippen LogP contribution in [0.2, 0.25) is 5.02 Å². The van der Waals surface area contributed by atoms with Gasteiger partial charge in [-0.2, -0.15) is 0 Å². The molecule has 88 valence electrons. The van der Waals surface area contributed by atoms with Gasteiger partial charge in [0, 0.05) is 16.0 Å². The summed E-state index contributed by atoms with van der Waals surface area (Å²) in [6, 6.07) is 13.0. The molecule has 2 aromatic carbocycles. The van der Waals surface area contributed by atoms with E-state index in [1.807, 2.05) is 30.3 Å². The van der Waals surface area contributed by atoms with E-state index in [0.29, 0.717) is 11.6 Å². The van der Waals surface area contributed by atoms with Crippen LogP contribution in [-0.4, -0.2) is 0 Å². The number of ether oxygens (including phenoxy) is 1. The third kappa shape index (κ3) is 3.46. The van der Waals surface area contributed by atoms with Crippen molar-refractivity contribution in [3.63, 3.8) is 0 Å². The number of rotatable bonds is 3. The van der Waals surface area contributed by atoms with Crippen molar-refractivity contribution < 1.29 is 4.74 Å². The van der Waals surface area contributed by atoms with Crippen LogP contribution in [0.1, 0.15) is 5.56 Å². The Balaban J connectivity index is 2.23. The second kappa shape index (κ2) is 5.54. The van der Waals surface area contributed by atoms with Gasteiger partial charge in [-0.15, -0.1) is 0 Å². The highest BCUT2D eigenvalue weighted by Crippen LogP contribution is 2.27. The Morgan fingerprint density at radius 1 is 1.06 bits per heavy atom. The highest BCUT2D eigenvalue weighted by molar-refractivity contribution is 9.10. The third-order valence-electron chi connectivity index (χ3n) is 2.22. The van der Waals surface area contributed by atoms with Gasteiger partial charge in [0.1, 0.15) is 11.5 Å². The first-order valence-electron chi connectivity index (χ1n) is 5.10. The Kier molecular flexibility index (Phi) is 4.05. The van der Waals surface area contributed by atoms with E-state index >= 15 is 0 Å². The van der Waals surface area contributed by atoms with Gasteiger partial charge in [-0.25, -0.2) is 0 Å². The molecular weight excluding hydrogens is 302 g/mol. The lowest BCUT2D eigenvalue weighted by Gasteiger charge is -2.08. The van der Waals surface area contributed by atoms with Gasteiger partial charge in [0.05, 0.1) is 0 Å². The van der Waals surface area contributed by atoms with Gasteiger partial charge in [0.15, 0.2) is 0 Å². The molecule has 0 atom stereocenters. The zero-order chi connectivity index (χ0) is 12.3. The van der Waals surface area contributed by atoms with E-state index in [-0.39, 0.29) is 0 Å². The fourth-order valence-corrected chi connectivity index (χ4v) is 2.08. The highest BCUT2D eigenvalue weighted by Gasteiger charge is 2.01. The standard InChI is InChI=1S/C13H11BrClNO/c14-10-5-9(8-16)6-13(7-10)17-12-3-1-11(15)2-4-12/h1-7H,8,16H2. The lowest BCUT2D eigenvalue weighted by Crippen LogP contribution is -1.96. The maximum absolute atomic E-state index is 5.81. The second-order valence-electron chi connectivity index (χ2n) is 3.56. The van der Waals surface area contributed by atoms with Gasteiger partial charge in [-0.05, 0) is 48.0 Å². The number of nitrogens with two attached hydrogens (primary N) is 1. The van der Waals surface area contributed by atoms with Gasteiger partial charge in [-0.1, -0.05) is 27.5 Å². The Morgan fingerprint density at radius 3 is 2.41 bits per heavy atom. The Bertz CT molecular complexity index is 513. The molecule has 2 N–H and O–H groups in total. The predicted octanol–water partition coefficient (Wildman–Crippen LogP) is 4.35. The monoisotopic (exact) mass is 311 g/mol. The molecule has 2 aromatic rings. The van der Waals surface area contributed by atoms with E-state index in [2.05, 4.69) is 15.9 Å². The minimum Gasteiger partial charge on any atom is -0.457 e. The van der Waals surface area contributed by atoms with E-state index in [0.717, 1.165) is 21.5 Å². The molecule has 2 nitrogen and oxygen atoms in total. The SMILES string of the molecule is NCc1cc(Br)cc(Oc2ccc(Cl)cc2)c1. The van der Waals surface area contributed by atoms with Gasteiger partial charge >= 0.3 is 0 Å². The average molecular weight is 313 g/mol. The molecular formula is C13H11BrClNO. The first kappa shape index (κ1) is 12.4. The van der Waals surface area contributed by atoms with E-state index in [9.17, 15) is 0 Å². The van der Waals surface area contributed by atoms with Crippen molar-refractivity contribution in [1.29, 1.82) is 0 Å². The summed E-state index contributed by atoms with van der Waals surface area (Å²) < 4.78 is 6.66. The zero-order valence-corrected chi connectivity index (χ0v) is 11.3. The molecule has 0 aromatic heterocycles. The van der Waals surface area contributed by atoms with Crippen LogP contribution in [0.15, 0.2) is 46.9 Å². The molecule has 0 fully saturated rings. The summed E-state index contributed by atoms with van der Waals surface area (Å²) in [5.74, 6) is 1.50. The molecule has 0 aliphatic rings. The van der Waals surface area contributed by atoms with Gasteiger partial charge in [-0.3, -0.25) is 0 Å². The van der Waals surface area contributed by atoms with Crippen LogP contribution in [0.4, 0.5) is 0 Å². The van der Waals surface area contributed by atoms with E-state index in [1.165, 1.54) is 0 Å². The van der Waals surface area contributed by atoms with Crippen LogP contribution < -0.4 is 10.5 Å². The van der Waals surface area contributed by atoms with E-state index in [1.54, 1.807) is 12.1 Å². The first-order chi connectivity index (χ1) is 8.17. The van der Waals surface area contributed by atoms with Crippen molar-refractivity contribution >= 4 is 27.5 Å². The summed E-state index contributed by atoms with van der Waals surface area (Å²) in [6.07, 6.45) is 0. The average Bonchev–Trinajstić information content (AvgIpc) is 2.31. The summed E-state index contributed by atoms with van der Waals surface area (Å²) >= 11 is 9.23. The van der Waals surface area contributed by atoms with Crippen molar-refractivity contribution in [3.8, 4) is 11.5 Å². The molecule has 0 radical (unpaired) electrons. The minimum atomic E-state index is 0.483. The van der Waals surface area contributed by atoms with Crippen LogP contribution in [0.25, 0.3) is 0 Å². The lowest BCUT2D eigenvalue weighted by molar-refractivity contribution is 0.481. The number of halogens is 2. The Hall–Kier alpha value is -1.03. The summed E-state index contributed by atoms with van der Waals surface area (Å²) in [5.41, 5.74) is 6.62. The van der Waals surface area contributed by atoms with Crippen molar-refractivity contribution in [2.75, 3.05) is 0 Å². The molecule has 0 aliphatic heterocycles. The fraction of sp³-hybridized carbons (Fsp3) is 0.0769. The molecule has 0 bridgehead atoms. The van der Waals surface area contributed by atoms with Crippen LogP contribution in [-0.2, 0) is 6.54 Å². The minimum absolute atomic E-state index is 0.483. The van der Waals surface area contributed by atoms with Gasteiger partial charge in [0.25, 0.3) is 0 Å². The maximum Gasteiger partial charge on any atom is 0.128 e. The van der Waals surface area contributed by atoms with Gasteiger partial charge in [0.2, 0.25) is 0 Å². The molecule has 0 saturated carbocycles. The number of hydrogen-bond acceptors (Lipinski definition) is 2. The third-order valence-corrected chi connectivity index (χ3v) is 2.93. The Morgan fingerprint density at radius 2 is 1.76 bits per heavy atom. The highest BCUT2D eigenvalue weighted by atomic mass is 79.9. The van der Waals surface area contributed by atoms with Crippen molar-refractivity contribution in [2.45, 2.75) is 6.54 Å². The molecule has 17 heavy (non-hydrogen) atoms. The Labute approximate surface area is 113 Å². The normalized spacial score (nSPS) is 10.3. The second-order valence-corrected chi connectivity index (χ2v) is 4.91. The number of benzene rings is 2. The molecule has 0 heterocycles. The van der Waals surface area contributed by atoms with Crippen LogP contribution in [0.5, 0.6) is 11.5 Å².